The number of aromatic nitrogens is 1. The molecule has 0 fully saturated rings. The molecular weight excluding hydrogens is 128 g/mol. The first-order chi connectivity index (χ1) is 4.61. The second kappa shape index (κ2) is 2.41. The Morgan fingerprint density at radius 3 is 2.60 bits per heavy atom. The molecule has 3 heteroatoms. The van der Waals surface area contributed by atoms with Gasteiger partial charge in [0.15, 0.2) is 0 Å². The monoisotopic (exact) mass is 135 g/mol. The second-order valence-corrected chi connectivity index (χ2v) is 2.28. The standard InChI is InChI=1S/C7H7BFN/c1-4-3-5(2)10-7(8)6(4)9/h3H,1-2H3. The van der Waals surface area contributed by atoms with Gasteiger partial charge in [0.25, 0.3) is 0 Å². The van der Waals surface area contributed by atoms with E-state index in [0.29, 0.717) is 5.56 Å². The first-order valence-electron chi connectivity index (χ1n) is 3.00. The number of rotatable bonds is 0. The van der Waals surface area contributed by atoms with Gasteiger partial charge in [0, 0.05) is 11.3 Å². The summed E-state index contributed by atoms with van der Waals surface area (Å²) in [6.45, 7) is 3.45. The predicted octanol–water partition coefficient (Wildman–Crippen LogP) is 0.631. The van der Waals surface area contributed by atoms with Crippen molar-refractivity contribution in [3.63, 3.8) is 0 Å². The van der Waals surface area contributed by atoms with Crippen LogP contribution in [0.5, 0.6) is 0 Å². The van der Waals surface area contributed by atoms with E-state index in [0.717, 1.165) is 5.69 Å². The quantitative estimate of drug-likeness (QED) is 0.475. The molecule has 50 valence electrons. The predicted molar refractivity (Wildman–Crippen MR) is 39.1 cm³/mol. The van der Waals surface area contributed by atoms with Crippen LogP contribution >= 0.6 is 0 Å². The van der Waals surface area contributed by atoms with Crippen LogP contribution in [0.4, 0.5) is 4.39 Å². The summed E-state index contributed by atoms with van der Waals surface area (Å²) in [5.41, 5.74) is 1.28. The van der Waals surface area contributed by atoms with Crippen LogP contribution < -0.4 is 5.59 Å². The highest BCUT2D eigenvalue weighted by molar-refractivity contribution is 6.30. The molecule has 1 aromatic rings. The van der Waals surface area contributed by atoms with E-state index in [-0.39, 0.29) is 5.59 Å². The molecule has 0 aliphatic heterocycles. The molecule has 0 N–H and O–H groups in total. The maximum absolute atomic E-state index is 12.7. The van der Waals surface area contributed by atoms with Crippen molar-refractivity contribution in [2.24, 2.45) is 0 Å². The van der Waals surface area contributed by atoms with Crippen LogP contribution in [0, 0.1) is 19.7 Å². The van der Waals surface area contributed by atoms with Crippen molar-refractivity contribution in [1.29, 1.82) is 0 Å². The van der Waals surface area contributed by atoms with Gasteiger partial charge in [0.1, 0.15) is 13.7 Å². The van der Waals surface area contributed by atoms with Crippen LogP contribution in [0.2, 0.25) is 0 Å². The van der Waals surface area contributed by atoms with Crippen molar-refractivity contribution in [2.75, 3.05) is 0 Å². The Morgan fingerprint density at radius 1 is 1.50 bits per heavy atom. The van der Waals surface area contributed by atoms with E-state index in [9.17, 15) is 4.39 Å². The normalized spacial score (nSPS) is 9.90. The molecule has 0 aromatic carbocycles. The molecule has 0 unspecified atom stereocenters. The lowest BCUT2D eigenvalue weighted by molar-refractivity contribution is 0.621. The molecule has 1 aromatic heterocycles. The zero-order chi connectivity index (χ0) is 7.72. The molecule has 1 rings (SSSR count). The van der Waals surface area contributed by atoms with Crippen LogP contribution in [-0.2, 0) is 0 Å². The van der Waals surface area contributed by atoms with E-state index < -0.39 is 5.82 Å². The van der Waals surface area contributed by atoms with Gasteiger partial charge >= 0.3 is 0 Å². The van der Waals surface area contributed by atoms with Crippen molar-refractivity contribution in [3.8, 4) is 0 Å². The fraction of sp³-hybridized carbons (Fsp3) is 0.286. The van der Waals surface area contributed by atoms with Gasteiger partial charge in [-0.05, 0) is 25.5 Å². The zero-order valence-corrected chi connectivity index (χ0v) is 5.98. The Kier molecular flexibility index (Phi) is 1.75. The number of hydrogen-bond donors (Lipinski definition) is 0. The molecule has 0 aliphatic rings. The minimum absolute atomic E-state index is 0.0162. The van der Waals surface area contributed by atoms with E-state index in [2.05, 4.69) is 4.98 Å². The van der Waals surface area contributed by atoms with Crippen molar-refractivity contribution in [3.05, 3.63) is 23.1 Å². The minimum atomic E-state index is -0.411. The SMILES string of the molecule is [B]c1nc(C)cc(C)c1F. The third-order valence-corrected chi connectivity index (χ3v) is 1.29. The molecule has 1 heterocycles. The number of halogens is 1. The highest BCUT2D eigenvalue weighted by Crippen LogP contribution is 2.01. The highest BCUT2D eigenvalue weighted by atomic mass is 19.1. The van der Waals surface area contributed by atoms with E-state index in [4.69, 9.17) is 7.85 Å². The van der Waals surface area contributed by atoms with E-state index in [1.54, 1.807) is 19.9 Å². The van der Waals surface area contributed by atoms with Crippen molar-refractivity contribution >= 4 is 13.4 Å². The molecular formula is C7H7BFN. The highest BCUT2D eigenvalue weighted by Gasteiger charge is 2.01. The van der Waals surface area contributed by atoms with E-state index >= 15 is 0 Å². The van der Waals surface area contributed by atoms with Crippen molar-refractivity contribution in [2.45, 2.75) is 13.8 Å². The molecule has 0 atom stereocenters. The summed E-state index contributed by atoms with van der Waals surface area (Å²) in [6.07, 6.45) is 0. The lowest BCUT2D eigenvalue weighted by Gasteiger charge is -2.00. The van der Waals surface area contributed by atoms with Crippen LogP contribution in [0.1, 0.15) is 11.3 Å². The number of aryl methyl sites for hydroxylation is 2. The van der Waals surface area contributed by atoms with Crippen LogP contribution in [-0.4, -0.2) is 12.8 Å². The molecule has 1 nitrogen and oxygen atoms in total. The molecule has 2 radical (unpaired) electrons. The van der Waals surface area contributed by atoms with E-state index in [1.165, 1.54) is 0 Å². The Labute approximate surface area is 60.7 Å². The molecule has 0 bridgehead atoms. The number of hydrogen-bond acceptors (Lipinski definition) is 1. The molecule has 0 amide bonds. The van der Waals surface area contributed by atoms with Gasteiger partial charge in [-0.1, -0.05) is 0 Å². The zero-order valence-electron chi connectivity index (χ0n) is 5.98. The molecule has 0 spiro atoms. The second-order valence-electron chi connectivity index (χ2n) is 2.28. The Balaban J connectivity index is 3.31. The summed E-state index contributed by atoms with van der Waals surface area (Å²) < 4.78 is 12.7. The van der Waals surface area contributed by atoms with Gasteiger partial charge in [-0.15, -0.1) is 0 Å². The Hall–Kier alpha value is -0.855. The summed E-state index contributed by atoms with van der Waals surface area (Å²) in [5.74, 6) is -0.411. The average molecular weight is 135 g/mol. The fourth-order valence-corrected chi connectivity index (χ4v) is 0.850. The minimum Gasteiger partial charge on any atom is -0.267 e. The lowest BCUT2D eigenvalue weighted by Crippen LogP contribution is -2.15. The van der Waals surface area contributed by atoms with Gasteiger partial charge < -0.3 is 0 Å². The Bertz CT molecular complexity index is 237. The van der Waals surface area contributed by atoms with Crippen LogP contribution in [0.3, 0.4) is 0 Å². The van der Waals surface area contributed by atoms with Gasteiger partial charge in [0.2, 0.25) is 0 Å². The van der Waals surface area contributed by atoms with Gasteiger partial charge in [-0.25, -0.2) is 4.39 Å². The third-order valence-electron chi connectivity index (χ3n) is 1.29. The summed E-state index contributed by atoms with van der Waals surface area (Å²) >= 11 is 0. The van der Waals surface area contributed by atoms with Crippen LogP contribution in [0.15, 0.2) is 6.07 Å². The summed E-state index contributed by atoms with van der Waals surface area (Å²) in [6, 6.07) is 1.66. The summed E-state index contributed by atoms with van der Waals surface area (Å²) in [5, 5.41) is 0. The summed E-state index contributed by atoms with van der Waals surface area (Å²) in [7, 11) is 5.24. The molecule has 0 saturated carbocycles. The van der Waals surface area contributed by atoms with Gasteiger partial charge in [-0.2, -0.15) is 0 Å². The average Bonchev–Trinajstić information content (AvgIpc) is 1.82. The lowest BCUT2D eigenvalue weighted by atomic mass is 10.0. The first-order valence-corrected chi connectivity index (χ1v) is 3.00. The van der Waals surface area contributed by atoms with Crippen LogP contribution in [0.25, 0.3) is 0 Å². The maximum Gasteiger partial charge on any atom is 0.145 e. The van der Waals surface area contributed by atoms with Gasteiger partial charge in [-0.3, -0.25) is 4.98 Å². The summed E-state index contributed by atoms with van der Waals surface area (Å²) in [4.78, 5) is 3.74. The van der Waals surface area contributed by atoms with Gasteiger partial charge in [0.05, 0.1) is 0 Å². The van der Waals surface area contributed by atoms with Crippen molar-refractivity contribution in [1.82, 2.24) is 4.98 Å². The van der Waals surface area contributed by atoms with E-state index in [1.807, 2.05) is 0 Å². The number of nitrogens with zero attached hydrogens (tertiary/aromatic N) is 1. The van der Waals surface area contributed by atoms with Crippen molar-refractivity contribution < 1.29 is 4.39 Å². The Morgan fingerprint density at radius 2 is 2.10 bits per heavy atom. The topological polar surface area (TPSA) is 12.9 Å². The molecule has 10 heavy (non-hydrogen) atoms. The maximum atomic E-state index is 12.7. The third kappa shape index (κ3) is 1.18. The largest absolute Gasteiger partial charge is 0.267 e. The first kappa shape index (κ1) is 7.25. The fourth-order valence-electron chi connectivity index (χ4n) is 0.850. The number of pyridine rings is 1. The molecule has 0 saturated heterocycles. The smallest absolute Gasteiger partial charge is 0.145 e. The molecule has 0 aliphatic carbocycles.